The summed E-state index contributed by atoms with van der Waals surface area (Å²) < 4.78 is 28.1. The standard InChI is InChI=1S/C23H22O6/c1-23(2)9-8-14-21-15(11-19(27-5)22(14)29-23)20(24)16(12-28-21)13-6-7-17(25-3)18(10-13)26-4/h6-12H,1-5H3. The average Bonchev–Trinajstić information content (AvgIpc) is 2.72. The van der Waals surface area contributed by atoms with E-state index < -0.39 is 5.60 Å². The third kappa shape index (κ3) is 3.10. The van der Waals surface area contributed by atoms with Gasteiger partial charge in [-0.1, -0.05) is 6.07 Å². The lowest BCUT2D eigenvalue weighted by molar-refractivity contribution is 0.152. The van der Waals surface area contributed by atoms with E-state index in [1.54, 1.807) is 45.6 Å². The summed E-state index contributed by atoms with van der Waals surface area (Å²) in [4.78, 5) is 13.3. The molecule has 0 bridgehead atoms. The minimum absolute atomic E-state index is 0.169. The zero-order valence-corrected chi connectivity index (χ0v) is 17.0. The van der Waals surface area contributed by atoms with E-state index >= 15 is 0 Å². The van der Waals surface area contributed by atoms with Crippen molar-refractivity contribution in [3.8, 4) is 34.1 Å². The van der Waals surface area contributed by atoms with Crippen LogP contribution in [0.3, 0.4) is 0 Å². The van der Waals surface area contributed by atoms with Crippen molar-refractivity contribution in [3.63, 3.8) is 0 Å². The minimum atomic E-state index is -0.478. The van der Waals surface area contributed by atoms with E-state index in [4.69, 9.17) is 23.4 Å². The lowest BCUT2D eigenvalue weighted by Crippen LogP contribution is -2.28. The molecule has 150 valence electrons. The second-order valence-corrected chi connectivity index (χ2v) is 7.29. The molecule has 0 saturated carbocycles. The van der Waals surface area contributed by atoms with Gasteiger partial charge in [0, 0.05) is 0 Å². The van der Waals surface area contributed by atoms with Gasteiger partial charge in [-0.05, 0) is 49.8 Å². The van der Waals surface area contributed by atoms with E-state index in [2.05, 4.69) is 0 Å². The number of hydrogen-bond donors (Lipinski definition) is 0. The quantitative estimate of drug-likeness (QED) is 0.641. The summed E-state index contributed by atoms with van der Waals surface area (Å²) in [5.74, 6) is 2.17. The molecular weight excluding hydrogens is 372 g/mol. The van der Waals surface area contributed by atoms with Crippen LogP contribution in [0.4, 0.5) is 0 Å². The van der Waals surface area contributed by atoms with Gasteiger partial charge in [0.25, 0.3) is 0 Å². The van der Waals surface area contributed by atoms with Crippen LogP contribution in [-0.4, -0.2) is 26.9 Å². The van der Waals surface area contributed by atoms with Gasteiger partial charge in [0.2, 0.25) is 5.43 Å². The summed E-state index contributed by atoms with van der Waals surface area (Å²) in [7, 11) is 4.67. The Balaban J connectivity index is 1.95. The number of methoxy groups -OCH3 is 3. The zero-order chi connectivity index (χ0) is 20.8. The van der Waals surface area contributed by atoms with E-state index in [0.29, 0.717) is 50.7 Å². The molecule has 2 heterocycles. The Hall–Kier alpha value is -3.41. The zero-order valence-electron chi connectivity index (χ0n) is 17.0. The molecule has 29 heavy (non-hydrogen) atoms. The maximum Gasteiger partial charge on any atom is 0.200 e. The molecule has 3 aromatic rings. The average molecular weight is 394 g/mol. The van der Waals surface area contributed by atoms with Gasteiger partial charge in [-0.15, -0.1) is 0 Å². The Morgan fingerprint density at radius 2 is 1.66 bits per heavy atom. The van der Waals surface area contributed by atoms with Crippen molar-refractivity contribution < 1.29 is 23.4 Å². The van der Waals surface area contributed by atoms with E-state index in [1.165, 1.54) is 6.26 Å². The van der Waals surface area contributed by atoms with Gasteiger partial charge in [-0.3, -0.25) is 4.79 Å². The van der Waals surface area contributed by atoms with E-state index in [9.17, 15) is 4.79 Å². The Kier molecular flexibility index (Phi) is 4.49. The summed E-state index contributed by atoms with van der Waals surface area (Å²) in [6.07, 6.45) is 5.30. The molecule has 4 rings (SSSR count). The topological polar surface area (TPSA) is 67.1 Å². The number of hydrogen-bond acceptors (Lipinski definition) is 6. The van der Waals surface area contributed by atoms with Crippen molar-refractivity contribution in [1.82, 2.24) is 0 Å². The highest BCUT2D eigenvalue weighted by atomic mass is 16.5. The molecule has 0 N–H and O–H groups in total. The van der Waals surface area contributed by atoms with Gasteiger partial charge in [-0.25, -0.2) is 0 Å². The number of ether oxygens (including phenoxy) is 4. The monoisotopic (exact) mass is 394 g/mol. The van der Waals surface area contributed by atoms with Gasteiger partial charge in [0.1, 0.15) is 17.4 Å². The fraction of sp³-hybridized carbons (Fsp3) is 0.261. The van der Waals surface area contributed by atoms with Crippen LogP contribution in [0.1, 0.15) is 19.4 Å². The highest BCUT2D eigenvalue weighted by molar-refractivity contribution is 5.93. The molecule has 6 heteroatoms. The first-order valence-electron chi connectivity index (χ1n) is 9.15. The summed E-state index contributed by atoms with van der Waals surface area (Å²) in [6, 6.07) is 6.96. The van der Waals surface area contributed by atoms with Crippen LogP contribution in [0.15, 0.2) is 45.8 Å². The van der Waals surface area contributed by atoms with E-state index in [-0.39, 0.29) is 5.43 Å². The van der Waals surface area contributed by atoms with Crippen molar-refractivity contribution in [2.45, 2.75) is 19.4 Å². The van der Waals surface area contributed by atoms with Crippen molar-refractivity contribution in [2.75, 3.05) is 21.3 Å². The van der Waals surface area contributed by atoms with E-state index in [1.807, 2.05) is 26.0 Å². The largest absolute Gasteiger partial charge is 0.493 e. The molecule has 0 atom stereocenters. The van der Waals surface area contributed by atoms with Crippen molar-refractivity contribution in [1.29, 1.82) is 0 Å². The van der Waals surface area contributed by atoms with Crippen molar-refractivity contribution in [3.05, 3.63) is 52.4 Å². The van der Waals surface area contributed by atoms with Crippen LogP contribution in [0.25, 0.3) is 28.2 Å². The van der Waals surface area contributed by atoms with Gasteiger partial charge in [-0.2, -0.15) is 0 Å². The number of fused-ring (bicyclic) bond motifs is 3. The molecule has 1 aliphatic heterocycles. The Labute approximate surface area is 168 Å². The molecule has 0 radical (unpaired) electrons. The molecule has 1 aromatic heterocycles. The van der Waals surface area contributed by atoms with Gasteiger partial charge in [0.15, 0.2) is 23.0 Å². The molecule has 0 aliphatic carbocycles. The molecule has 0 saturated heterocycles. The second kappa shape index (κ2) is 6.88. The maximum absolute atomic E-state index is 13.3. The molecule has 2 aromatic carbocycles. The normalized spacial score (nSPS) is 14.2. The van der Waals surface area contributed by atoms with Crippen molar-refractivity contribution >= 4 is 17.0 Å². The maximum atomic E-state index is 13.3. The van der Waals surface area contributed by atoms with Crippen LogP contribution in [0, 0.1) is 0 Å². The number of rotatable bonds is 4. The van der Waals surface area contributed by atoms with Crippen LogP contribution < -0.4 is 24.4 Å². The minimum Gasteiger partial charge on any atom is -0.493 e. The first-order valence-corrected chi connectivity index (χ1v) is 9.15. The molecule has 6 nitrogen and oxygen atoms in total. The Morgan fingerprint density at radius 3 is 2.34 bits per heavy atom. The highest BCUT2D eigenvalue weighted by Gasteiger charge is 2.28. The predicted molar refractivity (Wildman–Crippen MR) is 111 cm³/mol. The fourth-order valence-electron chi connectivity index (χ4n) is 3.45. The smallest absolute Gasteiger partial charge is 0.200 e. The third-order valence-electron chi connectivity index (χ3n) is 4.95. The lowest BCUT2D eigenvalue weighted by Gasteiger charge is -2.29. The summed E-state index contributed by atoms with van der Waals surface area (Å²) in [5.41, 5.74) is 1.59. The molecule has 0 spiro atoms. The summed E-state index contributed by atoms with van der Waals surface area (Å²) in [6.45, 7) is 3.90. The van der Waals surface area contributed by atoms with Gasteiger partial charge < -0.3 is 23.4 Å². The molecular formula is C23H22O6. The SMILES string of the molecule is COc1ccc(-c2coc3c4c(c(OC)cc3c2=O)OC(C)(C)C=C4)cc1OC. The van der Waals surface area contributed by atoms with Crippen LogP contribution >= 0.6 is 0 Å². The highest BCUT2D eigenvalue weighted by Crippen LogP contribution is 2.43. The van der Waals surface area contributed by atoms with Gasteiger partial charge >= 0.3 is 0 Å². The van der Waals surface area contributed by atoms with Crippen LogP contribution in [0.5, 0.6) is 23.0 Å². The predicted octanol–water partition coefficient (Wildman–Crippen LogP) is 4.67. The van der Waals surface area contributed by atoms with Gasteiger partial charge in [0.05, 0.1) is 37.8 Å². The summed E-state index contributed by atoms with van der Waals surface area (Å²) >= 11 is 0. The number of benzene rings is 2. The Morgan fingerprint density at radius 1 is 0.931 bits per heavy atom. The Bertz CT molecular complexity index is 1190. The first-order chi connectivity index (χ1) is 13.9. The molecule has 0 amide bonds. The summed E-state index contributed by atoms with van der Waals surface area (Å²) in [5, 5.41) is 0.417. The van der Waals surface area contributed by atoms with Crippen LogP contribution in [0.2, 0.25) is 0 Å². The van der Waals surface area contributed by atoms with E-state index in [0.717, 1.165) is 0 Å². The van der Waals surface area contributed by atoms with Crippen molar-refractivity contribution in [2.24, 2.45) is 0 Å². The second-order valence-electron chi connectivity index (χ2n) is 7.29. The lowest BCUT2D eigenvalue weighted by atomic mass is 9.98. The third-order valence-corrected chi connectivity index (χ3v) is 4.95. The fourth-order valence-corrected chi connectivity index (χ4v) is 3.45. The molecule has 1 aliphatic rings. The van der Waals surface area contributed by atoms with Crippen LogP contribution in [-0.2, 0) is 0 Å². The molecule has 0 fully saturated rings. The molecule has 0 unspecified atom stereocenters. The first kappa shape index (κ1) is 18.9.